The van der Waals surface area contributed by atoms with E-state index >= 15 is 0 Å². The number of amides is 1. The molecular weight excluding hydrogens is 310 g/mol. The third kappa shape index (κ3) is 3.09. The Balaban J connectivity index is 2.41. The molecule has 0 aliphatic carbocycles. The fourth-order valence-electron chi connectivity index (χ4n) is 1.71. The number of aryl methyl sites for hydroxylation is 1. The number of sulfone groups is 1. The Kier molecular flexibility index (Phi) is 4.06. The van der Waals surface area contributed by atoms with E-state index in [1.165, 1.54) is 17.0 Å². The summed E-state index contributed by atoms with van der Waals surface area (Å²) < 4.78 is 24.8. The molecular formula is C13H11N3O3S2. The van der Waals surface area contributed by atoms with Gasteiger partial charge in [-0.1, -0.05) is 17.7 Å². The normalized spacial score (nSPS) is 15.8. The molecule has 0 saturated carbocycles. The maximum Gasteiger partial charge on any atom is 0.246 e. The highest BCUT2D eigenvalue weighted by Gasteiger charge is 2.26. The summed E-state index contributed by atoms with van der Waals surface area (Å²) >= 11 is 4.89. The van der Waals surface area contributed by atoms with Gasteiger partial charge >= 0.3 is 0 Å². The number of nitrogens with zero attached hydrogens (tertiary/aromatic N) is 2. The number of benzene rings is 1. The van der Waals surface area contributed by atoms with Crippen molar-refractivity contribution in [1.82, 2.24) is 10.2 Å². The van der Waals surface area contributed by atoms with Crippen molar-refractivity contribution in [3.63, 3.8) is 0 Å². The van der Waals surface area contributed by atoms with Crippen LogP contribution < -0.4 is 5.32 Å². The number of hydrogen-bond donors (Lipinski definition) is 1. The Morgan fingerprint density at radius 2 is 2.05 bits per heavy atom. The average molecular weight is 321 g/mol. The minimum absolute atomic E-state index is 0.0188. The Hall–Kier alpha value is -2.24. The van der Waals surface area contributed by atoms with Crippen molar-refractivity contribution in [2.45, 2.75) is 11.8 Å². The van der Waals surface area contributed by atoms with E-state index in [4.69, 9.17) is 17.5 Å². The van der Waals surface area contributed by atoms with E-state index in [0.717, 1.165) is 11.8 Å². The molecule has 0 unspecified atom stereocenters. The zero-order chi connectivity index (χ0) is 15.6. The average Bonchev–Trinajstić information content (AvgIpc) is 2.74. The molecule has 1 saturated heterocycles. The maximum absolute atomic E-state index is 12.4. The highest BCUT2D eigenvalue weighted by Crippen LogP contribution is 2.20. The molecule has 1 fully saturated rings. The SMILES string of the molecule is Cc1ccc(S(=O)(=O)/C(C#N)=C/N2CC(=O)NC2=S)cc1. The van der Waals surface area contributed by atoms with Gasteiger partial charge in [0.05, 0.1) is 4.90 Å². The molecule has 6 nitrogen and oxygen atoms in total. The summed E-state index contributed by atoms with van der Waals surface area (Å²) in [5.74, 6) is -0.346. The molecule has 0 spiro atoms. The summed E-state index contributed by atoms with van der Waals surface area (Å²) in [6, 6.07) is 7.81. The van der Waals surface area contributed by atoms with Crippen LogP contribution in [0, 0.1) is 18.3 Å². The molecule has 1 aliphatic heterocycles. The molecule has 1 N–H and O–H groups in total. The number of nitrogens with one attached hydrogen (secondary N) is 1. The van der Waals surface area contributed by atoms with E-state index in [-0.39, 0.29) is 22.5 Å². The lowest BCUT2D eigenvalue weighted by molar-refractivity contribution is -0.118. The maximum atomic E-state index is 12.4. The fourth-order valence-corrected chi connectivity index (χ4v) is 3.07. The van der Waals surface area contributed by atoms with Crippen LogP contribution in [0.4, 0.5) is 0 Å². The lowest BCUT2D eigenvalue weighted by Crippen LogP contribution is -2.24. The smallest absolute Gasteiger partial charge is 0.246 e. The van der Waals surface area contributed by atoms with Gasteiger partial charge in [-0.05, 0) is 31.3 Å². The number of rotatable bonds is 3. The number of nitriles is 1. The number of thiocarbonyl (C=S) groups is 1. The second-order valence-electron chi connectivity index (χ2n) is 4.40. The van der Waals surface area contributed by atoms with Crippen molar-refractivity contribution in [3.8, 4) is 6.07 Å². The molecule has 0 bridgehead atoms. The number of carbonyl (C=O) groups is 1. The number of hydrogen-bond acceptors (Lipinski definition) is 5. The van der Waals surface area contributed by atoms with Gasteiger partial charge in [-0.15, -0.1) is 0 Å². The molecule has 0 radical (unpaired) electrons. The van der Waals surface area contributed by atoms with Crippen LogP contribution in [0.15, 0.2) is 40.3 Å². The lowest BCUT2D eigenvalue weighted by atomic mass is 10.2. The van der Waals surface area contributed by atoms with Crippen molar-refractivity contribution in [1.29, 1.82) is 5.26 Å². The summed E-state index contributed by atoms with van der Waals surface area (Å²) in [6.07, 6.45) is 1.08. The standard InChI is InChI=1S/C13H11N3O3S2/c1-9-2-4-10(5-3-9)21(18,19)11(6-14)7-16-8-12(17)15-13(16)20/h2-5,7H,8H2,1H3,(H,15,17,20)/b11-7+. The van der Waals surface area contributed by atoms with Crippen molar-refractivity contribution in [2.24, 2.45) is 0 Å². The first kappa shape index (κ1) is 15.2. The van der Waals surface area contributed by atoms with Gasteiger partial charge in [0.1, 0.15) is 12.6 Å². The summed E-state index contributed by atoms with van der Waals surface area (Å²) in [7, 11) is -3.94. The zero-order valence-corrected chi connectivity index (χ0v) is 12.7. The highest BCUT2D eigenvalue weighted by molar-refractivity contribution is 7.95. The molecule has 1 aromatic carbocycles. The van der Waals surface area contributed by atoms with Gasteiger partial charge in [-0.25, -0.2) is 8.42 Å². The summed E-state index contributed by atoms with van der Waals surface area (Å²) in [5, 5.41) is 11.6. The molecule has 8 heteroatoms. The first-order valence-electron chi connectivity index (χ1n) is 5.89. The predicted molar refractivity (Wildman–Crippen MR) is 79.5 cm³/mol. The first-order chi connectivity index (χ1) is 9.84. The number of carbonyl (C=O) groups excluding carboxylic acids is 1. The van der Waals surface area contributed by atoms with E-state index in [1.807, 2.05) is 6.92 Å². The molecule has 0 atom stereocenters. The summed E-state index contributed by atoms with van der Waals surface area (Å²) in [6.45, 7) is 1.73. The van der Waals surface area contributed by atoms with Crippen LogP contribution in [0.3, 0.4) is 0 Å². The zero-order valence-electron chi connectivity index (χ0n) is 11.0. The monoisotopic (exact) mass is 321 g/mol. The third-order valence-electron chi connectivity index (χ3n) is 2.83. The minimum Gasteiger partial charge on any atom is -0.314 e. The summed E-state index contributed by atoms with van der Waals surface area (Å²) in [5.41, 5.74) is 0.909. The van der Waals surface area contributed by atoms with Crippen LogP contribution in [-0.2, 0) is 14.6 Å². The quantitative estimate of drug-likeness (QED) is 0.656. The van der Waals surface area contributed by atoms with Crippen molar-refractivity contribution in [3.05, 3.63) is 40.9 Å². The van der Waals surface area contributed by atoms with Gasteiger partial charge in [0.25, 0.3) is 0 Å². The first-order valence-corrected chi connectivity index (χ1v) is 7.78. The Morgan fingerprint density at radius 3 is 2.52 bits per heavy atom. The van der Waals surface area contributed by atoms with E-state index < -0.39 is 14.7 Å². The van der Waals surface area contributed by atoms with Crippen LogP contribution in [0.2, 0.25) is 0 Å². The van der Waals surface area contributed by atoms with Crippen LogP contribution in [0.1, 0.15) is 5.56 Å². The van der Waals surface area contributed by atoms with Gasteiger partial charge in [-0.2, -0.15) is 5.26 Å². The van der Waals surface area contributed by atoms with Crippen LogP contribution in [0.5, 0.6) is 0 Å². The highest BCUT2D eigenvalue weighted by atomic mass is 32.2. The molecule has 1 aromatic rings. The molecule has 2 rings (SSSR count). The van der Waals surface area contributed by atoms with Gasteiger partial charge in [0.2, 0.25) is 15.7 Å². The Morgan fingerprint density at radius 1 is 1.43 bits per heavy atom. The van der Waals surface area contributed by atoms with Gasteiger partial charge < -0.3 is 10.2 Å². The lowest BCUT2D eigenvalue weighted by Gasteiger charge is -2.10. The summed E-state index contributed by atoms with van der Waals surface area (Å²) in [4.78, 5) is 12.0. The van der Waals surface area contributed by atoms with E-state index in [9.17, 15) is 13.2 Å². The van der Waals surface area contributed by atoms with Gasteiger partial charge in [0, 0.05) is 6.20 Å². The Bertz CT molecular complexity index is 774. The molecule has 108 valence electrons. The predicted octanol–water partition coefficient (Wildman–Crippen LogP) is 0.850. The van der Waals surface area contributed by atoms with E-state index in [1.54, 1.807) is 18.2 Å². The molecule has 0 aromatic heterocycles. The van der Waals surface area contributed by atoms with Crippen molar-refractivity contribution < 1.29 is 13.2 Å². The minimum atomic E-state index is -3.94. The van der Waals surface area contributed by atoms with Crippen molar-refractivity contribution in [2.75, 3.05) is 6.54 Å². The van der Waals surface area contributed by atoms with Crippen molar-refractivity contribution >= 4 is 33.1 Å². The largest absolute Gasteiger partial charge is 0.314 e. The fraction of sp³-hybridized carbons (Fsp3) is 0.154. The van der Waals surface area contributed by atoms with Gasteiger partial charge in [0.15, 0.2) is 10.0 Å². The van der Waals surface area contributed by atoms with E-state index in [2.05, 4.69) is 5.32 Å². The van der Waals surface area contributed by atoms with Crippen LogP contribution >= 0.6 is 12.2 Å². The molecule has 21 heavy (non-hydrogen) atoms. The Labute approximate surface area is 127 Å². The van der Waals surface area contributed by atoms with E-state index in [0.29, 0.717) is 0 Å². The third-order valence-corrected chi connectivity index (χ3v) is 4.83. The number of allylic oxidation sites excluding steroid dienone is 1. The van der Waals surface area contributed by atoms with Crippen LogP contribution in [-0.4, -0.2) is 30.9 Å². The second kappa shape index (κ2) is 5.63. The van der Waals surface area contributed by atoms with Crippen LogP contribution in [0.25, 0.3) is 0 Å². The topological polar surface area (TPSA) is 90.3 Å². The molecule has 1 heterocycles. The molecule has 1 aliphatic rings. The van der Waals surface area contributed by atoms with Gasteiger partial charge in [-0.3, -0.25) is 4.79 Å². The molecule has 1 amide bonds. The second-order valence-corrected chi connectivity index (χ2v) is 6.71.